The molecule has 0 aromatic heterocycles. The number of rotatable bonds is 1. The van der Waals surface area contributed by atoms with Crippen molar-refractivity contribution in [1.29, 1.82) is 0 Å². The normalized spacial score (nSPS) is 23.0. The minimum atomic E-state index is -4.41. The third-order valence-electron chi connectivity index (χ3n) is 3.18. The zero-order valence-corrected chi connectivity index (χ0v) is 12.6. The zero-order valence-electron chi connectivity index (χ0n) is 11.8. The predicted molar refractivity (Wildman–Crippen MR) is 79.2 cm³/mol. The summed E-state index contributed by atoms with van der Waals surface area (Å²) < 4.78 is 44.4. The Kier molecular flexibility index (Phi) is 4.73. The van der Waals surface area contributed by atoms with E-state index in [1.165, 1.54) is 12.1 Å². The van der Waals surface area contributed by atoms with Gasteiger partial charge in [-0.2, -0.15) is 13.2 Å². The number of benzene rings is 1. The number of nitrogens with one attached hydrogen (secondary N) is 1. The summed E-state index contributed by atoms with van der Waals surface area (Å²) in [5.74, 6) is 0. The largest absolute Gasteiger partial charge is 0.418 e. The first-order valence-electron chi connectivity index (χ1n) is 6.65. The smallest absolute Gasteiger partial charge is 0.372 e. The number of thiocarbonyl (C=S) groups is 1. The first kappa shape index (κ1) is 16.0. The number of nitrogens with zero attached hydrogens (tertiary/aromatic N) is 1. The van der Waals surface area contributed by atoms with Crippen molar-refractivity contribution in [1.82, 2.24) is 4.90 Å². The molecule has 0 saturated carbocycles. The zero-order chi connectivity index (χ0) is 15.6. The maximum Gasteiger partial charge on any atom is 0.418 e. The molecule has 21 heavy (non-hydrogen) atoms. The van der Waals surface area contributed by atoms with Crippen LogP contribution in [0.5, 0.6) is 0 Å². The Hall–Kier alpha value is -1.34. The lowest BCUT2D eigenvalue weighted by Gasteiger charge is -2.37. The van der Waals surface area contributed by atoms with E-state index in [-0.39, 0.29) is 23.0 Å². The van der Waals surface area contributed by atoms with E-state index in [2.05, 4.69) is 5.32 Å². The van der Waals surface area contributed by atoms with Gasteiger partial charge in [0, 0.05) is 13.1 Å². The summed E-state index contributed by atoms with van der Waals surface area (Å²) in [7, 11) is 0. The molecule has 1 aliphatic rings. The van der Waals surface area contributed by atoms with Crippen molar-refractivity contribution in [3.8, 4) is 0 Å². The summed E-state index contributed by atoms with van der Waals surface area (Å²) in [4.78, 5) is 1.83. The third-order valence-corrected chi connectivity index (χ3v) is 3.54. The molecular weight excluding hydrogens is 301 g/mol. The third kappa shape index (κ3) is 4.07. The van der Waals surface area contributed by atoms with Crippen LogP contribution in [-0.4, -0.2) is 35.3 Å². The van der Waals surface area contributed by atoms with E-state index in [4.69, 9.17) is 17.0 Å². The molecule has 1 N–H and O–H groups in total. The lowest BCUT2D eigenvalue weighted by Crippen LogP contribution is -2.49. The van der Waals surface area contributed by atoms with E-state index in [0.29, 0.717) is 13.1 Å². The summed E-state index contributed by atoms with van der Waals surface area (Å²) >= 11 is 5.24. The summed E-state index contributed by atoms with van der Waals surface area (Å²) in [6.45, 7) is 4.94. The Morgan fingerprint density at radius 1 is 1.24 bits per heavy atom. The molecule has 0 aliphatic carbocycles. The van der Waals surface area contributed by atoms with Gasteiger partial charge >= 0.3 is 6.18 Å². The van der Waals surface area contributed by atoms with Crippen molar-refractivity contribution in [2.45, 2.75) is 32.2 Å². The minimum Gasteiger partial charge on any atom is -0.372 e. The molecule has 0 spiro atoms. The van der Waals surface area contributed by atoms with Crippen LogP contribution in [0.2, 0.25) is 0 Å². The van der Waals surface area contributed by atoms with Gasteiger partial charge in [-0.05, 0) is 38.2 Å². The molecule has 116 valence electrons. The number of hydrogen-bond donors (Lipinski definition) is 1. The van der Waals surface area contributed by atoms with Crippen LogP contribution in [0, 0.1) is 0 Å². The van der Waals surface area contributed by atoms with Gasteiger partial charge in [0.25, 0.3) is 0 Å². The van der Waals surface area contributed by atoms with Crippen LogP contribution in [0.15, 0.2) is 24.3 Å². The van der Waals surface area contributed by atoms with Gasteiger partial charge in [0.15, 0.2) is 5.11 Å². The van der Waals surface area contributed by atoms with Crippen LogP contribution in [-0.2, 0) is 10.9 Å². The molecule has 0 amide bonds. The quantitative estimate of drug-likeness (QED) is 0.801. The highest BCUT2D eigenvalue weighted by Gasteiger charge is 2.34. The van der Waals surface area contributed by atoms with Crippen LogP contribution in [0.1, 0.15) is 19.4 Å². The summed E-state index contributed by atoms with van der Waals surface area (Å²) in [5, 5.41) is 3.00. The highest BCUT2D eigenvalue weighted by Crippen LogP contribution is 2.34. The van der Waals surface area contributed by atoms with Gasteiger partial charge in [0.1, 0.15) is 0 Å². The van der Waals surface area contributed by atoms with Gasteiger partial charge in [-0.3, -0.25) is 0 Å². The van der Waals surface area contributed by atoms with Gasteiger partial charge in [-0.25, -0.2) is 0 Å². The maximum absolute atomic E-state index is 12.9. The van der Waals surface area contributed by atoms with Crippen molar-refractivity contribution in [2.24, 2.45) is 0 Å². The van der Waals surface area contributed by atoms with Crippen LogP contribution in [0.25, 0.3) is 0 Å². The fourth-order valence-electron chi connectivity index (χ4n) is 2.38. The number of halogens is 3. The molecule has 7 heteroatoms. The molecule has 2 rings (SSSR count). The van der Waals surface area contributed by atoms with E-state index < -0.39 is 11.7 Å². The SMILES string of the molecule is C[C@@H]1CN(C(=S)Nc2ccccc2C(F)(F)F)C[C@H](C)O1. The average molecular weight is 318 g/mol. The molecule has 0 radical (unpaired) electrons. The topological polar surface area (TPSA) is 24.5 Å². The number of morpholine rings is 1. The monoisotopic (exact) mass is 318 g/mol. The first-order chi connectivity index (χ1) is 9.77. The van der Waals surface area contributed by atoms with E-state index in [9.17, 15) is 13.2 Å². The van der Waals surface area contributed by atoms with Crippen molar-refractivity contribution in [3.05, 3.63) is 29.8 Å². The maximum atomic E-state index is 12.9. The molecule has 0 unspecified atom stereocenters. The number of anilines is 1. The summed E-state index contributed by atoms with van der Waals surface area (Å²) in [6, 6.07) is 5.32. The standard InChI is InChI=1S/C14H17F3N2OS/c1-9-7-19(8-10(2)20-9)13(21)18-12-6-4-3-5-11(12)14(15,16)17/h3-6,9-10H,7-8H2,1-2H3,(H,18,21)/t9-,10+. The fraction of sp³-hybridized carbons (Fsp3) is 0.500. The first-order valence-corrected chi connectivity index (χ1v) is 7.06. The number of ether oxygens (including phenoxy) is 1. The second-order valence-electron chi connectivity index (χ2n) is 5.14. The van der Waals surface area contributed by atoms with E-state index in [1.807, 2.05) is 18.7 Å². The molecule has 1 aromatic rings. The molecule has 3 nitrogen and oxygen atoms in total. The molecule has 1 heterocycles. The predicted octanol–water partition coefficient (Wildman–Crippen LogP) is 3.51. The highest BCUT2D eigenvalue weighted by atomic mass is 32.1. The van der Waals surface area contributed by atoms with Crippen molar-refractivity contribution >= 4 is 23.0 Å². The van der Waals surface area contributed by atoms with Gasteiger partial charge in [-0.15, -0.1) is 0 Å². The minimum absolute atomic E-state index is 0.00800. The molecule has 1 aromatic carbocycles. The second-order valence-corrected chi connectivity index (χ2v) is 5.52. The Morgan fingerprint density at radius 3 is 2.38 bits per heavy atom. The lowest BCUT2D eigenvalue weighted by atomic mass is 10.1. The molecule has 1 fully saturated rings. The molecule has 1 saturated heterocycles. The van der Waals surface area contributed by atoms with E-state index >= 15 is 0 Å². The van der Waals surface area contributed by atoms with Crippen molar-refractivity contribution in [2.75, 3.05) is 18.4 Å². The van der Waals surface area contributed by atoms with Crippen LogP contribution >= 0.6 is 12.2 Å². The van der Waals surface area contributed by atoms with E-state index in [1.54, 1.807) is 6.07 Å². The molecule has 2 atom stereocenters. The number of para-hydroxylation sites is 1. The van der Waals surface area contributed by atoms with Gasteiger partial charge in [-0.1, -0.05) is 12.1 Å². The van der Waals surface area contributed by atoms with Gasteiger partial charge < -0.3 is 15.0 Å². The number of hydrogen-bond acceptors (Lipinski definition) is 2. The summed E-state index contributed by atoms with van der Waals surface area (Å²) in [6.07, 6.45) is -4.43. The Labute approximate surface area is 127 Å². The fourth-order valence-corrected chi connectivity index (χ4v) is 2.64. The highest BCUT2D eigenvalue weighted by molar-refractivity contribution is 7.80. The van der Waals surface area contributed by atoms with Crippen LogP contribution < -0.4 is 5.32 Å². The van der Waals surface area contributed by atoms with Gasteiger partial charge in [0.2, 0.25) is 0 Å². The molecule has 1 aliphatic heterocycles. The van der Waals surface area contributed by atoms with Crippen LogP contribution in [0.4, 0.5) is 18.9 Å². The van der Waals surface area contributed by atoms with Gasteiger partial charge in [0.05, 0.1) is 23.5 Å². The lowest BCUT2D eigenvalue weighted by molar-refractivity contribution is -0.136. The Balaban J connectivity index is 2.13. The Morgan fingerprint density at radius 2 is 1.81 bits per heavy atom. The second kappa shape index (κ2) is 6.19. The van der Waals surface area contributed by atoms with Crippen molar-refractivity contribution < 1.29 is 17.9 Å². The average Bonchev–Trinajstić information content (AvgIpc) is 2.37. The van der Waals surface area contributed by atoms with Crippen LogP contribution in [0.3, 0.4) is 0 Å². The molecule has 0 bridgehead atoms. The summed E-state index contributed by atoms with van der Waals surface area (Å²) in [5.41, 5.74) is -0.747. The number of alkyl halides is 3. The Bertz CT molecular complexity index is 511. The van der Waals surface area contributed by atoms with Crippen molar-refractivity contribution in [3.63, 3.8) is 0 Å². The van der Waals surface area contributed by atoms with E-state index in [0.717, 1.165) is 6.07 Å². The molecular formula is C14H17F3N2OS.